The van der Waals surface area contributed by atoms with E-state index in [2.05, 4.69) is 4.90 Å². The van der Waals surface area contributed by atoms with Crippen molar-refractivity contribution < 1.29 is 14.3 Å². The van der Waals surface area contributed by atoms with Gasteiger partial charge in [0, 0.05) is 38.3 Å². The first-order valence-electron chi connectivity index (χ1n) is 8.55. The molecular weight excluding hydrogens is 319 g/mol. The first kappa shape index (κ1) is 17.6. The summed E-state index contributed by atoms with van der Waals surface area (Å²) in [4.78, 5) is 16.5. The summed E-state index contributed by atoms with van der Waals surface area (Å²) in [5, 5.41) is 10.3. The molecule has 3 rings (SSSR count). The molecule has 1 amide bonds. The summed E-state index contributed by atoms with van der Waals surface area (Å²) in [5.74, 6) is -0.515. The number of β-amino-alcohol motifs (C(OH)–C–C–N with tert-alkyl or cyclic N) is 1. The van der Waals surface area contributed by atoms with E-state index >= 15 is 0 Å². The molecular formula is C20H23FN2O2. The van der Waals surface area contributed by atoms with Gasteiger partial charge >= 0.3 is 0 Å². The van der Waals surface area contributed by atoms with E-state index in [9.17, 15) is 14.3 Å². The summed E-state index contributed by atoms with van der Waals surface area (Å²) in [6, 6.07) is 13.9. The Morgan fingerprint density at radius 1 is 1.12 bits per heavy atom. The highest BCUT2D eigenvalue weighted by Crippen LogP contribution is 2.17. The van der Waals surface area contributed by atoms with Crippen LogP contribution in [0, 0.1) is 12.7 Å². The van der Waals surface area contributed by atoms with Crippen molar-refractivity contribution in [2.75, 3.05) is 32.7 Å². The van der Waals surface area contributed by atoms with Gasteiger partial charge in [-0.15, -0.1) is 0 Å². The summed E-state index contributed by atoms with van der Waals surface area (Å²) in [5.41, 5.74) is 2.11. The third-order valence-electron chi connectivity index (χ3n) is 4.71. The number of benzene rings is 2. The molecule has 0 spiro atoms. The van der Waals surface area contributed by atoms with Crippen LogP contribution in [0.2, 0.25) is 0 Å². The van der Waals surface area contributed by atoms with Crippen molar-refractivity contribution in [3.05, 3.63) is 71.0 Å². The minimum atomic E-state index is -0.533. The Morgan fingerprint density at radius 2 is 1.80 bits per heavy atom. The second kappa shape index (κ2) is 7.76. The van der Waals surface area contributed by atoms with E-state index in [1.54, 1.807) is 11.0 Å². The predicted molar refractivity (Wildman–Crippen MR) is 94.9 cm³/mol. The van der Waals surface area contributed by atoms with Gasteiger partial charge in [-0.25, -0.2) is 4.39 Å². The lowest BCUT2D eigenvalue weighted by Gasteiger charge is -2.36. The lowest BCUT2D eigenvalue weighted by Crippen LogP contribution is -2.49. The van der Waals surface area contributed by atoms with Crippen LogP contribution >= 0.6 is 0 Å². The van der Waals surface area contributed by atoms with Gasteiger partial charge in [0.1, 0.15) is 5.82 Å². The number of piperazine rings is 1. The maximum Gasteiger partial charge on any atom is 0.254 e. The number of halogens is 1. The van der Waals surface area contributed by atoms with Gasteiger partial charge in [0.2, 0.25) is 0 Å². The highest BCUT2D eigenvalue weighted by atomic mass is 19.1. The highest BCUT2D eigenvalue weighted by Gasteiger charge is 2.24. The standard InChI is InChI=1S/C20H23FN2O2/c1-15-7-8-17(21)13-18(15)20(25)23-11-9-22(10-12-23)14-19(24)16-5-3-2-4-6-16/h2-8,13,19,24H,9-12,14H2,1H3/t19-/m1/s1. The van der Waals surface area contributed by atoms with Gasteiger partial charge in [-0.2, -0.15) is 0 Å². The molecule has 0 saturated carbocycles. The van der Waals surface area contributed by atoms with E-state index in [0.29, 0.717) is 38.3 Å². The summed E-state index contributed by atoms with van der Waals surface area (Å²) < 4.78 is 13.4. The molecule has 1 N–H and O–H groups in total. The average molecular weight is 342 g/mol. The number of amides is 1. The van der Waals surface area contributed by atoms with E-state index in [4.69, 9.17) is 0 Å². The molecule has 1 atom stereocenters. The van der Waals surface area contributed by atoms with Gasteiger partial charge in [0.05, 0.1) is 6.10 Å². The zero-order valence-electron chi connectivity index (χ0n) is 14.4. The molecule has 1 fully saturated rings. The Balaban J connectivity index is 1.56. The number of hydrogen-bond acceptors (Lipinski definition) is 3. The predicted octanol–water partition coefficient (Wildman–Crippen LogP) is 2.63. The zero-order chi connectivity index (χ0) is 17.8. The topological polar surface area (TPSA) is 43.8 Å². The molecule has 0 aromatic heterocycles. The summed E-state index contributed by atoms with van der Waals surface area (Å²) in [7, 11) is 0. The quantitative estimate of drug-likeness (QED) is 0.929. The van der Waals surface area contributed by atoms with Crippen LogP contribution in [0.4, 0.5) is 4.39 Å². The summed E-state index contributed by atoms with van der Waals surface area (Å²) >= 11 is 0. The second-order valence-corrected chi connectivity index (χ2v) is 6.48. The molecule has 0 radical (unpaired) electrons. The first-order chi connectivity index (χ1) is 12.0. The van der Waals surface area contributed by atoms with Gasteiger partial charge < -0.3 is 10.0 Å². The lowest BCUT2D eigenvalue weighted by molar-refractivity contribution is 0.0526. The van der Waals surface area contributed by atoms with Gasteiger partial charge in [-0.05, 0) is 30.2 Å². The highest BCUT2D eigenvalue weighted by molar-refractivity contribution is 5.95. The van der Waals surface area contributed by atoms with Gasteiger partial charge in [-0.3, -0.25) is 9.69 Å². The number of carbonyl (C=O) groups excluding carboxylic acids is 1. The number of aryl methyl sites for hydroxylation is 1. The van der Waals surface area contributed by atoms with Crippen molar-refractivity contribution in [1.82, 2.24) is 9.80 Å². The minimum absolute atomic E-state index is 0.125. The van der Waals surface area contributed by atoms with Crippen LogP contribution in [0.25, 0.3) is 0 Å². The van der Waals surface area contributed by atoms with Crippen molar-refractivity contribution in [3.8, 4) is 0 Å². The molecule has 25 heavy (non-hydrogen) atoms. The Hall–Kier alpha value is -2.24. The number of carbonyl (C=O) groups is 1. The number of aliphatic hydroxyl groups excluding tert-OH is 1. The fraction of sp³-hybridized carbons (Fsp3) is 0.350. The Morgan fingerprint density at radius 3 is 2.48 bits per heavy atom. The van der Waals surface area contributed by atoms with Crippen molar-refractivity contribution in [3.63, 3.8) is 0 Å². The van der Waals surface area contributed by atoms with Crippen molar-refractivity contribution in [1.29, 1.82) is 0 Å². The maximum atomic E-state index is 13.4. The number of nitrogens with zero attached hydrogens (tertiary/aromatic N) is 2. The minimum Gasteiger partial charge on any atom is -0.387 e. The van der Waals surface area contributed by atoms with Crippen molar-refractivity contribution in [2.45, 2.75) is 13.0 Å². The normalized spacial score (nSPS) is 16.7. The van der Waals surface area contributed by atoms with Crippen molar-refractivity contribution in [2.24, 2.45) is 0 Å². The van der Waals surface area contributed by atoms with Gasteiger partial charge in [0.15, 0.2) is 0 Å². The SMILES string of the molecule is Cc1ccc(F)cc1C(=O)N1CCN(C[C@@H](O)c2ccccc2)CC1. The van der Waals surface area contributed by atoms with E-state index in [1.165, 1.54) is 12.1 Å². The molecule has 1 aliphatic rings. The fourth-order valence-electron chi connectivity index (χ4n) is 3.15. The smallest absolute Gasteiger partial charge is 0.254 e. The van der Waals surface area contributed by atoms with E-state index in [0.717, 1.165) is 11.1 Å². The molecule has 1 heterocycles. The number of aliphatic hydroxyl groups is 1. The molecule has 0 unspecified atom stereocenters. The maximum absolute atomic E-state index is 13.4. The average Bonchev–Trinajstić information content (AvgIpc) is 2.64. The van der Waals surface area contributed by atoms with Crippen LogP contribution in [-0.2, 0) is 0 Å². The van der Waals surface area contributed by atoms with Crippen LogP contribution in [0.1, 0.15) is 27.6 Å². The Labute approximate surface area is 147 Å². The summed E-state index contributed by atoms with van der Waals surface area (Å²) in [6.07, 6.45) is -0.533. The van der Waals surface area contributed by atoms with E-state index in [-0.39, 0.29) is 5.91 Å². The monoisotopic (exact) mass is 342 g/mol. The van der Waals surface area contributed by atoms with E-state index in [1.807, 2.05) is 37.3 Å². The molecule has 2 aromatic rings. The molecule has 1 aliphatic heterocycles. The number of hydrogen-bond donors (Lipinski definition) is 1. The second-order valence-electron chi connectivity index (χ2n) is 6.48. The molecule has 2 aromatic carbocycles. The molecule has 4 nitrogen and oxygen atoms in total. The van der Waals surface area contributed by atoms with Gasteiger partial charge in [0.25, 0.3) is 5.91 Å². The van der Waals surface area contributed by atoms with Crippen LogP contribution in [0.5, 0.6) is 0 Å². The molecule has 5 heteroatoms. The first-order valence-corrected chi connectivity index (χ1v) is 8.55. The molecule has 0 aliphatic carbocycles. The van der Waals surface area contributed by atoms with Crippen LogP contribution in [0.15, 0.2) is 48.5 Å². The molecule has 0 bridgehead atoms. The largest absolute Gasteiger partial charge is 0.387 e. The van der Waals surface area contributed by atoms with E-state index < -0.39 is 11.9 Å². The molecule has 132 valence electrons. The number of rotatable bonds is 4. The van der Waals surface area contributed by atoms with Crippen molar-refractivity contribution >= 4 is 5.91 Å². The molecule has 1 saturated heterocycles. The van der Waals surface area contributed by atoms with Crippen LogP contribution < -0.4 is 0 Å². The Kier molecular flexibility index (Phi) is 5.46. The van der Waals surface area contributed by atoms with Crippen LogP contribution in [0.3, 0.4) is 0 Å². The third-order valence-corrected chi connectivity index (χ3v) is 4.71. The van der Waals surface area contributed by atoms with Gasteiger partial charge in [-0.1, -0.05) is 36.4 Å². The Bertz CT molecular complexity index is 728. The third kappa shape index (κ3) is 4.24. The van der Waals surface area contributed by atoms with Crippen LogP contribution in [-0.4, -0.2) is 53.5 Å². The lowest BCUT2D eigenvalue weighted by atomic mass is 10.1. The fourth-order valence-corrected chi connectivity index (χ4v) is 3.15. The summed E-state index contributed by atoms with van der Waals surface area (Å²) in [6.45, 7) is 4.92. The zero-order valence-corrected chi connectivity index (χ0v) is 14.4.